The van der Waals surface area contributed by atoms with E-state index in [1.54, 1.807) is 51.7 Å². The van der Waals surface area contributed by atoms with Crippen LogP contribution in [0.5, 0.6) is 5.75 Å². The number of thiazole rings is 1. The molecule has 10 nitrogen and oxygen atoms in total. The SMILES string of the molecule is Cc1ncsc1CCOc1ccc(-c2ncc(NC(=O)C(F)(F)F)o2)cc1.O=C(Nc1cnc(-c2ccc(Cl)c(Cl)c2)o1)C(F)(F)F. The Morgan fingerprint density at radius 3 is 1.83 bits per heavy atom. The van der Waals surface area contributed by atoms with Crippen molar-refractivity contribution in [2.75, 3.05) is 17.2 Å². The molecular weight excluding hydrogens is 703 g/mol. The Bertz CT molecular complexity index is 1840. The summed E-state index contributed by atoms with van der Waals surface area (Å²) in [5.41, 5.74) is 3.73. The Hall–Kier alpha value is -4.61. The Balaban J connectivity index is 0.000000223. The smallest absolute Gasteiger partial charge is 0.471 e. The fourth-order valence-corrected chi connectivity index (χ4v) is 4.51. The van der Waals surface area contributed by atoms with Crippen LogP contribution < -0.4 is 15.4 Å². The number of oxazole rings is 2. The summed E-state index contributed by atoms with van der Waals surface area (Å²) in [6, 6.07) is 11.2. The van der Waals surface area contributed by atoms with Crippen molar-refractivity contribution in [2.45, 2.75) is 25.7 Å². The molecule has 0 unspecified atom stereocenters. The predicted molar refractivity (Wildman–Crippen MR) is 159 cm³/mol. The lowest BCUT2D eigenvalue weighted by molar-refractivity contribution is -0.167. The average Bonchev–Trinajstić information content (AvgIpc) is 3.76. The minimum atomic E-state index is -5.00. The zero-order valence-corrected chi connectivity index (χ0v) is 25.8. The molecule has 248 valence electrons. The molecule has 0 saturated heterocycles. The zero-order valence-electron chi connectivity index (χ0n) is 23.5. The van der Waals surface area contributed by atoms with Crippen molar-refractivity contribution in [3.63, 3.8) is 0 Å². The van der Waals surface area contributed by atoms with Crippen molar-refractivity contribution >= 4 is 58.1 Å². The first kappa shape index (κ1) is 35.2. The van der Waals surface area contributed by atoms with Crippen molar-refractivity contribution in [2.24, 2.45) is 0 Å². The molecule has 2 aromatic carbocycles. The third kappa shape index (κ3) is 9.94. The number of alkyl halides is 6. The van der Waals surface area contributed by atoms with Gasteiger partial charge in [0.2, 0.25) is 23.5 Å². The number of carbonyl (C=O) groups is 2. The van der Waals surface area contributed by atoms with Crippen molar-refractivity contribution in [1.82, 2.24) is 15.0 Å². The second kappa shape index (κ2) is 14.9. The number of rotatable bonds is 8. The highest BCUT2D eigenvalue weighted by atomic mass is 35.5. The van der Waals surface area contributed by atoms with E-state index in [0.717, 1.165) is 24.5 Å². The van der Waals surface area contributed by atoms with Crippen LogP contribution in [0.3, 0.4) is 0 Å². The number of ether oxygens (including phenoxy) is 1. The van der Waals surface area contributed by atoms with E-state index in [9.17, 15) is 35.9 Å². The Labute approximate surface area is 274 Å². The lowest BCUT2D eigenvalue weighted by Gasteiger charge is -2.06. The second-order valence-corrected chi connectivity index (χ2v) is 10.8. The van der Waals surface area contributed by atoms with Gasteiger partial charge in [0.15, 0.2) is 0 Å². The third-order valence-corrected chi connectivity index (χ3v) is 7.44. The molecule has 2 amide bonds. The number of halogens is 8. The van der Waals surface area contributed by atoms with Crippen LogP contribution in [0.1, 0.15) is 10.6 Å². The highest BCUT2D eigenvalue weighted by molar-refractivity contribution is 7.09. The molecule has 0 atom stereocenters. The monoisotopic (exact) mass is 721 g/mol. The number of hydrogen-bond acceptors (Lipinski definition) is 9. The maximum Gasteiger partial charge on any atom is 0.471 e. The Kier molecular flexibility index (Phi) is 11.2. The van der Waals surface area contributed by atoms with E-state index in [-0.39, 0.29) is 22.7 Å². The number of amides is 2. The van der Waals surface area contributed by atoms with E-state index in [4.69, 9.17) is 36.8 Å². The van der Waals surface area contributed by atoms with Crippen LogP contribution in [0, 0.1) is 6.92 Å². The predicted octanol–water partition coefficient (Wildman–Crippen LogP) is 8.38. The number of carbonyl (C=O) groups excluding carboxylic acids is 2. The highest BCUT2D eigenvalue weighted by Gasteiger charge is 2.40. The van der Waals surface area contributed by atoms with Gasteiger partial charge in [-0.15, -0.1) is 11.3 Å². The number of aromatic nitrogens is 3. The lowest BCUT2D eigenvalue weighted by Crippen LogP contribution is -2.29. The standard InChI is InChI=1S/C17H14F3N3O3S.C11H5Cl2F3N2O2/c1-10-13(27-9-22-10)6-7-25-12-4-2-11(3-5-12)15-21-8-14(26-15)23-16(24)17(18,19)20;12-6-2-1-5(3-7(6)13)9-17-4-8(20-9)18-10(19)11(14,15)16/h2-5,8-9H,6-7H2,1H3,(H,23,24);1-4H,(H,18,19). The summed E-state index contributed by atoms with van der Waals surface area (Å²) in [6.07, 6.45) is -7.28. The number of anilines is 2. The minimum absolute atomic E-state index is 0.000964. The second-order valence-electron chi connectivity index (χ2n) is 9.08. The Morgan fingerprint density at radius 1 is 0.809 bits per heavy atom. The lowest BCUT2D eigenvalue weighted by atomic mass is 10.2. The van der Waals surface area contributed by atoms with Gasteiger partial charge in [0.1, 0.15) is 5.75 Å². The molecule has 0 saturated carbocycles. The molecule has 0 aliphatic heterocycles. The molecule has 5 aromatic rings. The summed E-state index contributed by atoms with van der Waals surface area (Å²) in [6.45, 7) is 2.44. The van der Waals surface area contributed by atoms with E-state index in [0.29, 0.717) is 28.5 Å². The van der Waals surface area contributed by atoms with Crippen LogP contribution in [-0.2, 0) is 16.0 Å². The first-order chi connectivity index (χ1) is 22.1. The van der Waals surface area contributed by atoms with Crippen molar-refractivity contribution in [1.29, 1.82) is 0 Å². The topological polar surface area (TPSA) is 132 Å². The summed E-state index contributed by atoms with van der Waals surface area (Å²) >= 11 is 13.1. The van der Waals surface area contributed by atoms with E-state index < -0.39 is 30.1 Å². The summed E-state index contributed by atoms with van der Waals surface area (Å²) in [4.78, 5) is 34.6. The van der Waals surface area contributed by atoms with E-state index in [2.05, 4.69) is 15.0 Å². The largest absolute Gasteiger partial charge is 0.493 e. The molecule has 47 heavy (non-hydrogen) atoms. The molecule has 19 heteroatoms. The fourth-order valence-electron chi connectivity index (χ4n) is 3.45. The molecule has 0 spiro atoms. The maximum absolute atomic E-state index is 12.2. The minimum Gasteiger partial charge on any atom is -0.493 e. The summed E-state index contributed by atoms with van der Waals surface area (Å²) in [7, 11) is 0. The van der Waals surface area contributed by atoms with E-state index >= 15 is 0 Å². The van der Waals surface area contributed by atoms with Crippen LogP contribution in [-0.4, -0.2) is 45.7 Å². The van der Waals surface area contributed by atoms with E-state index in [1.807, 2.05) is 6.92 Å². The number of nitrogens with one attached hydrogen (secondary N) is 2. The van der Waals surface area contributed by atoms with Gasteiger partial charge in [-0.3, -0.25) is 20.2 Å². The molecule has 0 bridgehead atoms. The van der Waals surface area contributed by atoms with Crippen molar-refractivity contribution in [3.8, 4) is 28.7 Å². The van der Waals surface area contributed by atoms with Crippen LogP contribution in [0.15, 0.2) is 69.2 Å². The van der Waals surface area contributed by atoms with Crippen LogP contribution >= 0.6 is 34.5 Å². The summed E-state index contributed by atoms with van der Waals surface area (Å²) < 4.78 is 88.6. The molecule has 0 radical (unpaired) electrons. The first-order valence-corrected chi connectivity index (χ1v) is 14.5. The maximum atomic E-state index is 12.2. The van der Waals surface area contributed by atoms with Gasteiger partial charge in [-0.2, -0.15) is 26.3 Å². The third-order valence-electron chi connectivity index (χ3n) is 5.71. The van der Waals surface area contributed by atoms with Gasteiger partial charge in [0.05, 0.1) is 40.3 Å². The van der Waals surface area contributed by atoms with Crippen LogP contribution in [0.4, 0.5) is 38.1 Å². The van der Waals surface area contributed by atoms with Gasteiger partial charge in [-0.25, -0.2) is 15.0 Å². The van der Waals surface area contributed by atoms with Crippen LogP contribution in [0.25, 0.3) is 22.9 Å². The Morgan fingerprint density at radius 2 is 1.34 bits per heavy atom. The molecule has 3 aromatic heterocycles. The molecule has 5 rings (SSSR count). The molecule has 0 aliphatic carbocycles. The summed E-state index contributed by atoms with van der Waals surface area (Å²) in [5, 5.41) is 3.70. The normalized spacial score (nSPS) is 11.4. The number of aryl methyl sites for hydroxylation is 1. The quantitative estimate of drug-likeness (QED) is 0.153. The fraction of sp³-hybridized carbons (Fsp3) is 0.179. The zero-order chi connectivity index (χ0) is 34.4. The van der Waals surface area contributed by atoms with Crippen LogP contribution in [0.2, 0.25) is 10.0 Å². The highest BCUT2D eigenvalue weighted by Crippen LogP contribution is 2.30. The molecule has 0 fully saturated rings. The number of benzene rings is 2. The van der Waals surface area contributed by atoms with Crippen molar-refractivity contribution in [3.05, 3.63) is 81.0 Å². The van der Waals surface area contributed by atoms with Gasteiger partial charge in [-0.05, 0) is 49.4 Å². The van der Waals surface area contributed by atoms with Gasteiger partial charge in [-0.1, -0.05) is 23.2 Å². The van der Waals surface area contributed by atoms with Crippen molar-refractivity contribution < 1.29 is 49.5 Å². The average molecular weight is 722 g/mol. The van der Waals surface area contributed by atoms with E-state index in [1.165, 1.54) is 23.1 Å². The first-order valence-electron chi connectivity index (χ1n) is 12.9. The van der Waals surface area contributed by atoms with Gasteiger partial charge >= 0.3 is 24.2 Å². The number of nitrogens with zero attached hydrogens (tertiary/aromatic N) is 3. The molecule has 2 N–H and O–H groups in total. The molecule has 3 heterocycles. The summed E-state index contributed by atoms with van der Waals surface area (Å²) in [5.74, 6) is -4.35. The molecule has 0 aliphatic rings. The van der Waals surface area contributed by atoms with Gasteiger partial charge in [0, 0.05) is 22.4 Å². The molecular formula is C28H19Cl2F6N5O5S. The number of hydrogen-bond donors (Lipinski definition) is 2. The van der Waals surface area contributed by atoms with Gasteiger partial charge < -0.3 is 13.6 Å². The van der Waals surface area contributed by atoms with Gasteiger partial charge in [0.25, 0.3) is 0 Å².